The van der Waals surface area contributed by atoms with E-state index in [-0.39, 0.29) is 11.5 Å². The van der Waals surface area contributed by atoms with Crippen LogP contribution in [0.1, 0.15) is 27.2 Å². The van der Waals surface area contributed by atoms with Crippen molar-refractivity contribution < 1.29 is 0 Å². The Kier molecular flexibility index (Phi) is 4.66. The Morgan fingerprint density at radius 3 is 2.33 bits per heavy atom. The molecule has 0 aromatic rings. The van der Waals surface area contributed by atoms with Gasteiger partial charge in [-0.15, -0.1) is 0 Å². The van der Waals surface area contributed by atoms with Crippen molar-refractivity contribution in [2.75, 3.05) is 13.1 Å². The summed E-state index contributed by atoms with van der Waals surface area (Å²) < 4.78 is 0. The molecule has 4 nitrogen and oxygen atoms in total. The molecule has 0 amide bonds. The maximum atomic E-state index is 5.17. The predicted molar refractivity (Wildman–Crippen MR) is 53.0 cm³/mol. The minimum atomic E-state index is 0.172. The van der Waals surface area contributed by atoms with E-state index in [4.69, 9.17) is 11.5 Å². The van der Waals surface area contributed by atoms with Gasteiger partial charge in [-0.05, 0) is 33.7 Å². The number of hydrogen-bond acceptors (Lipinski definition) is 2. The summed E-state index contributed by atoms with van der Waals surface area (Å²) in [7, 11) is 0. The van der Waals surface area contributed by atoms with Crippen LogP contribution in [0.15, 0.2) is 4.99 Å². The summed E-state index contributed by atoms with van der Waals surface area (Å²) >= 11 is 0. The van der Waals surface area contributed by atoms with Crippen molar-refractivity contribution >= 4 is 5.96 Å². The van der Waals surface area contributed by atoms with Gasteiger partial charge in [0.15, 0.2) is 5.96 Å². The van der Waals surface area contributed by atoms with Crippen LogP contribution in [-0.4, -0.2) is 24.6 Å². The standard InChI is InChI=1S/C8H20N4/c1-8(2,3)12-6-4-5-11-7(9)10/h12H,4-6H2,1-3H3,(H4,9,10,11). The Morgan fingerprint density at radius 2 is 1.92 bits per heavy atom. The van der Waals surface area contributed by atoms with Gasteiger partial charge in [0.05, 0.1) is 0 Å². The quantitative estimate of drug-likeness (QED) is 0.318. The maximum absolute atomic E-state index is 5.17. The number of nitrogens with one attached hydrogen (secondary N) is 1. The molecule has 0 bridgehead atoms. The average molecular weight is 172 g/mol. The number of aliphatic imine (C=N–C) groups is 1. The Hall–Kier alpha value is -0.770. The highest BCUT2D eigenvalue weighted by atomic mass is 15.0. The van der Waals surface area contributed by atoms with Crippen molar-refractivity contribution in [3.63, 3.8) is 0 Å². The Morgan fingerprint density at radius 1 is 1.33 bits per heavy atom. The molecule has 0 rings (SSSR count). The van der Waals surface area contributed by atoms with Crippen LogP contribution in [0.25, 0.3) is 0 Å². The summed E-state index contributed by atoms with van der Waals surface area (Å²) in [5.41, 5.74) is 10.5. The topological polar surface area (TPSA) is 76.4 Å². The third-order valence-electron chi connectivity index (χ3n) is 1.28. The molecular weight excluding hydrogens is 152 g/mol. The van der Waals surface area contributed by atoms with Gasteiger partial charge in [-0.25, -0.2) is 0 Å². The molecule has 4 heteroatoms. The number of guanidine groups is 1. The SMILES string of the molecule is CC(C)(C)NCCCN=C(N)N. The van der Waals surface area contributed by atoms with E-state index in [0.717, 1.165) is 13.0 Å². The smallest absolute Gasteiger partial charge is 0.185 e. The second-order valence-electron chi connectivity index (χ2n) is 3.84. The molecule has 0 aliphatic carbocycles. The second-order valence-corrected chi connectivity index (χ2v) is 3.84. The number of rotatable bonds is 4. The molecule has 0 saturated heterocycles. The molecule has 12 heavy (non-hydrogen) atoms. The lowest BCUT2D eigenvalue weighted by Crippen LogP contribution is -2.36. The summed E-state index contributed by atoms with van der Waals surface area (Å²) in [5, 5.41) is 3.34. The number of hydrogen-bond donors (Lipinski definition) is 3. The number of nitrogens with zero attached hydrogens (tertiary/aromatic N) is 1. The first-order valence-corrected chi connectivity index (χ1v) is 4.22. The van der Waals surface area contributed by atoms with Crippen molar-refractivity contribution in [2.24, 2.45) is 16.5 Å². The minimum Gasteiger partial charge on any atom is -0.370 e. The van der Waals surface area contributed by atoms with Crippen LogP contribution in [0.4, 0.5) is 0 Å². The van der Waals surface area contributed by atoms with Crippen LogP contribution in [0, 0.1) is 0 Å². The first kappa shape index (κ1) is 11.2. The highest BCUT2D eigenvalue weighted by Gasteiger charge is 2.06. The zero-order valence-electron chi connectivity index (χ0n) is 8.22. The first-order valence-electron chi connectivity index (χ1n) is 4.22. The van der Waals surface area contributed by atoms with Gasteiger partial charge < -0.3 is 16.8 Å². The van der Waals surface area contributed by atoms with Crippen LogP contribution in [0.2, 0.25) is 0 Å². The lowest BCUT2D eigenvalue weighted by molar-refractivity contribution is 0.424. The van der Waals surface area contributed by atoms with Gasteiger partial charge in [0.1, 0.15) is 0 Å². The van der Waals surface area contributed by atoms with E-state index in [1.54, 1.807) is 0 Å². The molecule has 5 N–H and O–H groups in total. The third kappa shape index (κ3) is 9.23. The lowest BCUT2D eigenvalue weighted by atomic mass is 10.1. The highest BCUT2D eigenvalue weighted by Crippen LogP contribution is 1.97. The maximum Gasteiger partial charge on any atom is 0.185 e. The molecule has 0 atom stereocenters. The number of nitrogens with two attached hydrogens (primary N) is 2. The molecule has 72 valence electrons. The molecule has 0 aromatic heterocycles. The van der Waals surface area contributed by atoms with Crippen molar-refractivity contribution in [2.45, 2.75) is 32.7 Å². The van der Waals surface area contributed by atoms with Crippen molar-refractivity contribution in [1.82, 2.24) is 5.32 Å². The molecule has 0 unspecified atom stereocenters. The monoisotopic (exact) mass is 172 g/mol. The fourth-order valence-corrected chi connectivity index (χ4v) is 0.751. The van der Waals surface area contributed by atoms with Crippen molar-refractivity contribution in [3.8, 4) is 0 Å². The van der Waals surface area contributed by atoms with Gasteiger partial charge in [0, 0.05) is 12.1 Å². The van der Waals surface area contributed by atoms with Crippen LogP contribution in [0.5, 0.6) is 0 Å². The summed E-state index contributed by atoms with van der Waals surface area (Å²) in [6.07, 6.45) is 0.967. The predicted octanol–water partition coefficient (Wildman–Crippen LogP) is 0.0380. The van der Waals surface area contributed by atoms with Gasteiger partial charge >= 0.3 is 0 Å². The normalized spacial score (nSPS) is 11.2. The molecule has 0 aliphatic rings. The summed E-state index contributed by atoms with van der Waals surface area (Å²) in [4.78, 5) is 3.88. The zero-order chi connectivity index (χ0) is 9.61. The van der Waals surface area contributed by atoms with Crippen LogP contribution < -0.4 is 16.8 Å². The van der Waals surface area contributed by atoms with Crippen LogP contribution in [0.3, 0.4) is 0 Å². The van der Waals surface area contributed by atoms with Gasteiger partial charge in [-0.2, -0.15) is 0 Å². The first-order chi connectivity index (χ1) is 5.42. The van der Waals surface area contributed by atoms with Crippen LogP contribution >= 0.6 is 0 Å². The van der Waals surface area contributed by atoms with Gasteiger partial charge in [-0.1, -0.05) is 0 Å². The lowest BCUT2D eigenvalue weighted by Gasteiger charge is -2.19. The fraction of sp³-hybridized carbons (Fsp3) is 0.875. The van der Waals surface area contributed by atoms with E-state index >= 15 is 0 Å². The second kappa shape index (κ2) is 4.98. The molecule has 0 heterocycles. The summed E-state index contributed by atoms with van der Waals surface area (Å²) in [5.74, 6) is 0.172. The Bertz CT molecular complexity index is 142. The fourth-order valence-electron chi connectivity index (χ4n) is 0.751. The van der Waals surface area contributed by atoms with Gasteiger partial charge in [0.25, 0.3) is 0 Å². The van der Waals surface area contributed by atoms with Crippen LogP contribution in [-0.2, 0) is 0 Å². The van der Waals surface area contributed by atoms with Crippen molar-refractivity contribution in [1.29, 1.82) is 0 Å². The summed E-state index contributed by atoms with van der Waals surface area (Å²) in [6, 6.07) is 0. The van der Waals surface area contributed by atoms with Crippen molar-refractivity contribution in [3.05, 3.63) is 0 Å². The van der Waals surface area contributed by atoms with E-state index in [9.17, 15) is 0 Å². The Labute approximate surface area is 74.4 Å². The van der Waals surface area contributed by atoms with E-state index in [1.807, 2.05) is 0 Å². The molecule has 0 aromatic carbocycles. The van der Waals surface area contributed by atoms with Gasteiger partial charge in [0.2, 0.25) is 0 Å². The van der Waals surface area contributed by atoms with E-state index in [2.05, 4.69) is 31.1 Å². The molecular formula is C8H20N4. The molecule has 0 fully saturated rings. The summed E-state index contributed by atoms with van der Waals surface area (Å²) in [6.45, 7) is 8.04. The third-order valence-corrected chi connectivity index (χ3v) is 1.28. The highest BCUT2D eigenvalue weighted by molar-refractivity contribution is 5.75. The molecule has 0 radical (unpaired) electrons. The van der Waals surface area contributed by atoms with E-state index in [1.165, 1.54) is 0 Å². The van der Waals surface area contributed by atoms with Gasteiger partial charge in [-0.3, -0.25) is 4.99 Å². The van der Waals surface area contributed by atoms with E-state index in [0.29, 0.717) is 6.54 Å². The van der Waals surface area contributed by atoms with E-state index < -0.39 is 0 Å². The molecule has 0 aliphatic heterocycles. The zero-order valence-corrected chi connectivity index (χ0v) is 8.22. The Balaban J connectivity index is 3.29. The largest absolute Gasteiger partial charge is 0.370 e. The molecule has 0 saturated carbocycles. The average Bonchev–Trinajstić information content (AvgIpc) is 1.83. The minimum absolute atomic E-state index is 0.172. The molecule has 0 spiro atoms.